The molecule has 0 N–H and O–H groups in total. The Morgan fingerprint density at radius 2 is 1.77 bits per heavy atom. The van der Waals surface area contributed by atoms with Gasteiger partial charge < -0.3 is 19.0 Å². The van der Waals surface area contributed by atoms with Crippen LogP contribution in [0.1, 0.15) is 48.0 Å². The Hall–Kier alpha value is -3.64. The summed E-state index contributed by atoms with van der Waals surface area (Å²) in [5.74, 6) is 0.594. The Balaban J connectivity index is 1.66. The number of methoxy groups -OCH3 is 1. The lowest BCUT2D eigenvalue weighted by molar-refractivity contribution is 0.0720. The van der Waals surface area contributed by atoms with Crippen molar-refractivity contribution in [2.24, 2.45) is 0 Å². The Labute approximate surface area is 204 Å². The molecule has 1 aliphatic rings. The van der Waals surface area contributed by atoms with Crippen molar-refractivity contribution in [1.82, 2.24) is 9.80 Å². The number of nitrogens with zero attached hydrogens (tertiary/aromatic N) is 2. The third-order valence-corrected chi connectivity index (χ3v) is 7.04. The predicted octanol–water partition coefficient (Wildman–Crippen LogP) is 5.23. The van der Waals surface area contributed by atoms with Crippen LogP contribution in [0.4, 0.5) is 0 Å². The number of rotatable bonds is 8. The summed E-state index contributed by atoms with van der Waals surface area (Å²) in [7, 11) is 1.61. The summed E-state index contributed by atoms with van der Waals surface area (Å²) in [6.07, 6.45) is 0.804. The fourth-order valence-corrected chi connectivity index (χ4v) is 5.14. The Bertz CT molecular complexity index is 1450. The summed E-state index contributed by atoms with van der Waals surface area (Å²) in [6, 6.07) is 18.6. The molecule has 35 heavy (non-hydrogen) atoms. The van der Waals surface area contributed by atoms with Crippen LogP contribution >= 0.6 is 0 Å². The fourth-order valence-electron chi connectivity index (χ4n) is 5.14. The quantitative estimate of drug-likeness (QED) is 0.330. The summed E-state index contributed by atoms with van der Waals surface area (Å²) in [6.45, 7) is 7.60. The summed E-state index contributed by atoms with van der Waals surface area (Å²) >= 11 is 0. The van der Waals surface area contributed by atoms with Crippen LogP contribution in [0.3, 0.4) is 0 Å². The van der Waals surface area contributed by atoms with Crippen molar-refractivity contribution < 1.29 is 13.9 Å². The molecule has 0 aliphatic carbocycles. The van der Waals surface area contributed by atoms with E-state index >= 15 is 0 Å². The van der Waals surface area contributed by atoms with Gasteiger partial charge in [0.2, 0.25) is 5.76 Å². The van der Waals surface area contributed by atoms with Crippen molar-refractivity contribution in [3.63, 3.8) is 0 Å². The average Bonchev–Trinajstić information content (AvgIpc) is 3.18. The molecule has 0 spiro atoms. The standard InChI is InChI=1S/C29H30N2O4/c1-4-30(5-2)16-9-17-31-25(20-11-8-12-21(18-20)34-3)24-26(32)23-15-14-19-10-6-7-13-22(19)27(23)35-28(24)29(31)33/h6-8,10-15,18,25H,4-5,9,16-17H2,1-3H3. The third-order valence-electron chi connectivity index (χ3n) is 7.04. The third kappa shape index (κ3) is 3.98. The first-order valence-electron chi connectivity index (χ1n) is 12.2. The van der Waals surface area contributed by atoms with Crippen molar-refractivity contribution in [2.45, 2.75) is 26.3 Å². The maximum atomic E-state index is 13.9. The summed E-state index contributed by atoms with van der Waals surface area (Å²) < 4.78 is 11.7. The minimum absolute atomic E-state index is 0.148. The second kappa shape index (κ2) is 9.55. The lowest BCUT2D eigenvalue weighted by atomic mass is 9.97. The predicted molar refractivity (Wildman–Crippen MR) is 138 cm³/mol. The van der Waals surface area contributed by atoms with E-state index in [0.29, 0.717) is 28.8 Å². The Kier molecular flexibility index (Phi) is 6.31. The van der Waals surface area contributed by atoms with Gasteiger partial charge in [0, 0.05) is 11.9 Å². The fraction of sp³-hybridized carbons (Fsp3) is 0.310. The Morgan fingerprint density at radius 3 is 2.54 bits per heavy atom. The molecule has 0 fully saturated rings. The molecule has 2 heterocycles. The minimum Gasteiger partial charge on any atom is -0.497 e. The van der Waals surface area contributed by atoms with Crippen LogP contribution in [-0.4, -0.2) is 49.0 Å². The first-order valence-corrected chi connectivity index (χ1v) is 12.2. The van der Waals surface area contributed by atoms with Crippen LogP contribution in [0.2, 0.25) is 0 Å². The number of hydrogen-bond donors (Lipinski definition) is 0. The molecule has 4 aromatic rings. The van der Waals surface area contributed by atoms with E-state index in [1.54, 1.807) is 18.1 Å². The molecule has 0 saturated heterocycles. The van der Waals surface area contributed by atoms with Crippen LogP contribution in [0.5, 0.6) is 5.75 Å². The number of amides is 1. The highest BCUT2D eigenvalue weighted by Crippen LogP contribution is 2.40. The average molecular weight is 471 g/mol. The van der Waals surface area contributed by atoms with Gasteiger partial charge in [0.15, 0.2) is 5.43 Å². The number of ether oxygens (including phenoxy) is 1. The second-order valence-corrected chi connectivity index (χ2v) is 8.90. The molecular weight excluding hydrogens is 440 g/mol. The maximum absolute atomic E-state index is 13.9. The zero-order chi connectivity index (χ0) is 24.5. The highest BCUT2D eigenvalue weighted by Gasteiger charge is 2.42. The second-order valence-electron chi connectivity index (χ2n) is 8.90. The number of hydrogen-bond acceptors (Lipinski definition) is 5. The first-order chi connectivity index (χ1) is 17.1. The van der Waals surface area contributed by atoms with E-state index in [2.05, 4.69) is 18.7 Å². The van der Waals surface area contributed by atoms with E-state index in [-0.39, 0.29) is 17.1 Å². The van der Waals surface area contributed by atoms with Crippen LogP contribution in [0, 0.1) is 0 Å². The molecule has 6 heteroatoms. The zero-order valence-corrected chi connectivity index (χ0v) is 20.4. The number of carbonyl (C=O) groups excluding carboxylic acids is 1. The van der Waals surface area contributed by atoms with E-state index in [4.69, 9.17) is 9.15 Å². The van der Waals surface area contributed by atoms with Gasteiger partial charge in [-0.1, -0.05) is 56.3 Å². The lowest BCUT2D eigenvalue weighted by Gasteiger charge is -2.27. The largest absolute Gasteiger partial charge is 0.497 e. The Morgan fingerprint density at radius 1 is 0.971 bits per heavy atom. The molecule has 5 rings (SSSR count). The molecule has 3 aromatic carbocycles. The smallest absolute Gasteiger partial charge is 0.290 e. The molecule has 1 amide bonds. The molecule has 6 nitrogen and oxygen atoms in total. The highest BCUT2D eigenvalue weighted by atomic mass is 16.5. The van der Waals surface area contributed by atoms with Crippen LogP contribution in [-0.2, 0) is 0 Å². The first kappa shape index (κ1) is 23.1. The molecule has 0 bridgehead atoms. The summed E-state index contributed by atoms with van der Waals surface area (Å²) in [4.78, 5) is 31.7. The van der Waals surface area contributed by atoms with Gasteiger partial charge in [0.1, 0.15) is 11.3 Å². The normalized spacial score (nSPS) is 15.4. The molecule has 1 aromatic heterocycles. The number of fused-ring (bicyclic) bond motifs is 4. The SMILES string of the molecule is CCN(CC)CCCN1C(=O)c2oc3c(ccc4ccccc43)c(=O)c2C1c1cccc(OC)c1. The molecule has 1 aliphatic heterocycles. The van der Waals surface area contributed by atoms with Gasteiger partial charge in [0.05, 0.1) is 24.1 Å². The van der Waals surface area contributed by atoms with Crippen molar-refractivity contribution in [3.05, 3.63) is 87.8 Å². The van der Waals surface area contributed by atoms with E-state index in [1.807, 2.05) is 54.6 Å². The zero-order valence-electron chi connectivity index (χ0n) is 20.4. The van der Waals surface area contributed by atoms with Crippen LogP contribution in [0.15, 0.2) is 69.9 Å². The van der Waals surface area contributed by atoms with E-state index in [0.717, 1.165) is 42.4 Å². The van der Waals surface area contributed by atoms with Crippen LogP contribution in [0.25, 0.3) is 21.7 Å². The topological polar surface area (TPSA) is 63.0 Å². The van der Waals surface area contributed by atoms with Gasteiger partial charge >= 0.3 is 0 Å². The molecule has 1 atom stereocenters. The van der Waals surface area contributed by atoms with Crippen LogP contribution < -0.4 is 10.2 Å². The van der Waals surface area contributed by atoms with Crippen molar-refractivity contribution in [1.29, 1.82) is 0 Å². The van der Waals surface area contributed by atoms with Crippen molar-refractivity contribution >= 4 is 27.6 Å². The van der Waals surface area contributed by atoms with Gasteiger partial charge in [-0.05, 0) is 55.2 Å². The minimum atomic E-state index is -0.517. The number of benzene rings is 3. The monoisotopic (exact) mass is 470 g/mol. The van der Waals surface area contributed by atoms with E-state index in [9.17, 15) is 9.59 Å². The maximum Gasteiger partial charge on any atom is 0.290 e. The van der Waals surface area contributed by atoms with E-state index < -0.39 is 6.04 Å². The summed E-state index contributed by atoms with van der Waals surface area (Å²) in [5, 5.41) is 2.29. The van der Waals surface area contributed by atoms with E-state index in [1.165, 1.54) is 0 Å². The van der Waals surface area contributed by atoms with Gasteiger partial charge in [-0.25, -0.2) is 0 Å². The van der Waals surface area contributed by atoms with Gasteiger partial charge in [-0.3, -0.25) is 9.59 Å². The van der Waals surface area contributed by atoms with Crippen molar-refractivity contribution in [3.8, 4) is 5.75 Å². The molecular formula is C29H30N2O4. The highest BCUT2D eigenvalue weighted by molar-refractivity contribution is 6.06. The molecule has 0 saturated carbocycles. The number of carbonyl (C=O) groups is 1. The lowest BCUT2D eigenvalue weighted by Crippen LogP contribution is -2.33. The van der Waals surface area contributed by atoms with Crippen molar-refractivity contribution in [2.75, 3.05) is 33.3 Å². The van der Waals surface area contributed by atoms with Gasteiger partial charge in [-0.2, -0.15) is 0 Å². The van der Waals surface area contributed by atoms with Gasteiger partial charge in [0.25, 0.3) is 5.91 Å². The molecule has 180 valence electrons. The summed E-state index contributed by atoms with van der Waals surface area (Å²) in [5.41, 5.74) is 1.56. The molecule has 0 radical (unpaired) electrons. The molecule has 1 unspecified atom stereocenters. The van der Waals surface area contributed by atoms with Gasteiger partial charge in [-0.15, -0.1) is 0 Å².